The average Bonchev–Trinajstić information content (AvgIpc) is 3.49. The van der Waals surface area contributed by atoms with Gasteiger partial charge in [0, 0.05) is 101 Å². The van der Waals surface area contributed by atoms with Gasteiger partial charge < -0.3 is 106 Å². The summed E-state index contributed by atoms with van der Waals surface area (Å²) in [6.07, 6.45) is 12.1. The summed E-state index contributed by atoms with van der Waals surface area (Å²) in [6, 6.07) is 38.6. The fourth-order valence-electron chi connectivity index (χ4n) is 5.13. The summed E-state index contributed by atoms with van der Waals surface area (Å²) >= 11 is 0. The van der Waals surface area contributed by atoms with E-state index in [2.05, 4.69) is 41.2 Å². The molecule has 86 heavy (non-hydrogen) atoms. The van der Waals surface area contributed by atoms with Gasteiger partial charge in [0.1, 0.15) is 0 Å². The van der Waals surface area contributed by atoms with Gasteiger partial charge in [-0.15, -0.1) is 0 Å². The molecule has 0 spiro atoms. The van der Waals surface area contributed by atoms with E-state index < -0.39 is 47.5 Å². The molecule has 0 aliphatic rings. The molecule has 24 N–H and O–H groups in total. The molecule has 0 fully saturated rings. The van der Waals surface area contributed by atoms with Crippen LogP contribution in [0.2, 0.25) is 0 Å². The fourth-order valence-corrected chi connectivity index (χ4v) is 5.13. The molecule has 0 atom stereocenters. The number of carboxylic acids is 4. The van der Waals surface area contributed by atoms with Crippen molar-refractivity contribution in [3.05, 3.63) is 240 Å². The number of amides is 4. The Balaban J connectivity index is -0.000000211. The van der Waals surface area contributed by atoms with Crippen molar-refractivity contribution < 1.29 is 114 Å². The number of nitrogens with two attached hydrogens (primary N) is 4. The Bertz CT molecular complexity index is 2720. The zero-order chi connectivity index (χ0) is 59.8. The molecule has 8 aromatic rings. The molecular weight excluding hydrogens is 1210 g/mol. The van der Waals surface area contributed by atoms with E-state index in [9.17, 15) is 58.8 Å². The van der Waals surface area contributed by atoms with Gasteiger partial charge in [-0.2, -0.15) is 0 Å². The number of carbonyl (C=O) groups is 8. The van der Waals surface area contributed by atoms with Gasteiger partial charge in [-0.1, -0.05) is 48.5 Å². The molecule has 4 heterocycles. The molecule has 0 unspecified atom stereocenters. The van der Waals surface area contributed by atoms with Crippen molar-refractivity contribution in [3.8, 4) is 0 Å². The van der Waals surface area contributed by atoms with Crippen molar-refractivity contribution in [2.24, 2.45) is 22.9 Å². The zero-order valence-corrected chi connectivity index (χ0v) is 48.5. The number of pyridine rings is 4. The summed E-state index contributed by atoms with van der Waals surface area (Å²) in [6.45, 7) is 0. The molecular formula is C56H68Co2N12O16+4. The summed E-state index contributed by atoms with van der Waals surface area (Å²) in [4.78, 5) is 97.4. The predicted molar refractivity (Wildman–Crippen MR) is 312 cm³/mol. The van der Waals surface area contributed by atoms with Crippen molar-refractivity contribution in [1.29, 1.82) is 0 Å². The number of anilines is 4. The van der Waals surface area contributed by atoms with Gasteiger partial charge in [0.15, 0.2) is 0 Å². The van der Waals surface area contributed by atoms with Crippen LogP contribution in [0, 0.1) is 0 Å². The second-order valence-corrected chi connectivity index (χ2v) is 14.9. The van der Waals surface area contributed by atoms with E-state index in [1.54, 1.807) is 150 Å². The van der Waals surface area contributed by atoms with E-state index in [1.165, 1.54) is 73.3 Å². The van der Waals surface area contributed by atoms with Crippen molar-refractivity contribution in [2.45, 2.75) is 0 Å². The Kier molecular flexibility index (Phi) is 50.4. The van der Waals surface area contributed by atoms with E-state index >= 15 is 0 Å². The fraction of sp³-hybridized carbons (Fsp3) is 0.0714. The van der Waals surface area contributed by atoms with E-state index in [-0.39, 0.29) is 77.7 Å². The van der Waals surface area contributed by atoms with E-state index in [4.69, 9.17) is 22.9 Å². The quantitative estimate of drug-likeness (QED) is 0.0581. The smallest absolute Gasteiger partial charge is 0.545 e. The Labute approximate surface area is 514 Å². The standard InChI is InChI=1S/4C8H9NO2.4C6H6N2O.2Co.4H2O/c4*1-9-7-4-2-6(3-5-7)8(10)11;4*7-6(9)5-2-1-3-8-4-5;;;;;;/h4*2-5,9H,1H3,(H,10,11);4*1-4H,(H2,7,9);;;4*1H2/q;;;;;;;;2*+2;;;;. The van der Waals surface area contributed by atoms with Crippen molar-refractivity contribution in [3.63, 3.8) is 0 Å². The van der Waals surface area contributed by atoms with Crippen molar-refractivity contribution in [1.82, 2.24) is 19.9 Å². The first kappa shape index (κ1) is 86.6. The number of primary amides is 4. The molecule has 0 aliphatic heterocycles. The van der Waals surface area contributed by atoms with Crippen LogP contribution >= 0.6 is 0 Å². The number of hydrogen-bond donors (Lipinski definition) is 8. The first-order valence-corrected chi connectivity index (χ1v) is 22.9. The van der Waals surface area contributed by atoms with Crippen LogP contribution in [0.25, 0.3) is 0 Å². The largest absolute Gasteiger partial charge is 2.00 e. The second-order valence-electron chi connectivity index (χ2n) is 14.9. The maximum Gasteiger partial charge on any atom is 2.00 e. The number of nitrogens with one attached hydrogen (secondary N) is 4. The van der Waals surface area contributed by atoms with Gasteiger partial charge in [-0.3, -0.25) is 39.1 Å². The summed E-state index contributed by atoms with van der Waals surface area (Å²) in [5.74, 6) is -6.35. The molecule has 4 aromatic heterocycles. The molecule has 8 rings (SSSR count). The SMILES string of the molecule is CNc1ccc(C(=O)[O-])cc1.CNc1ccc(C(=O)[O-])cc1.CNc1ccc(C(=O)[O-])cc1.CNc1ccc(C(=O)[O-])cc1.NC(=O)c1cccnc1.NC(=O)c1cccnc1.NC(=O)c1cccnc1.NC(=O)c1cccnc1.[Co+2].[Co+2].[OH3+].[OH3+].[OH3+].[OH3+]. The maximum absolute atomic E-state index is 10.4. The topological polar surface area (TPSA) is 565 Å². The van der Waals surface area contributed by atoms with Crippen LogP contribution in [0.5, 0.6) is 0 Å². The number of carbonyl (C=O) groups excluding carboxylic acids is 8. The van der Waals surface area contributed by atoms with Crippen LogP contribution in [0.3, 0.4) is 0 Å². The Morgan fingerprint density at radius 2 is 0.442 bits per heavy atom. The van der Waals surface area contributed by atoms with E-state index in [1.807, 2.05) is 0 Å². The molecule has 2 radical (unpaired) electrons. The third-order valence-corrected chi connectivity index (χ3v) is 9.42. The maximum atomic E-state index is 10.4. The molecule has 28 nitrogen and oxygen atoms in total. The molecule has 462 valence electrons. The first-order chi connectivity index (χ1) is 38.2. The van der Waals surface area contributed by atoms with E-state index in [0.717, 1.165) is 22.7 Å². The van der Waals surface area contributed by atoms with Crippen LogP contribution in [0.4, 0.5) is 22.7 Å². The zero-order valence-electron chi connectivity index (χ0n) is 46.4. The number of hydrogen-bond acceptors (Lipinski definition) is 20. The summed E-state index contributed by atoms with van der Waals surface area (Å²) in [5.41, 5.74) is 25.8. The van der Waals surface area contributed by atoms with Crippen LogP contribution in [-0.4, -0.2) is 95.6 Å². The second kappa shape index (κ2) is 50.1. The van der Waals surface area contributed by atoms with Gasteiger partial charge >= 0.3 is 33.6 Å². The van der Waals surface area contributed by atoms with Gasteiger partial charge in [0.25, 0.3) is 0 Å². The molecule has 0 bridgehead atoms. The van der Waals surface area contributed by atoms with Crippen molar-refractivity contribution >= 4 is 70.3 Å². The van der Waals surface area contributed by atoms with Gasteiger partial charge in [-0.05, 0) is 119 Å². The van der Waals surface area contributed by atoms with Gasteiger partial charge in [0.2, 0.25) is 23.6 Å². The number of nitrogens with zero attached hydrogens (tertiary/aromatic N) is 4. The number of aromatic carboxylic acids is 4. The number of rotatable bonds is 12. The van der Waals surface area contributed by atoms with Crippen LogP contribution < -0.4 is 64.6 Å². The van der Waals surface area contributed by atoms with Crippen LogP contribution in [0.1, 0.15) is 82.9 Å². The Morgan fingerprint density at radius 3 is 0.523 bits per heavy atom. The van der Waals surface area contributed by atoms with Gasteiger partial charge in [-0.25, -0.2) is 0 Å². The van der Waals surface area contributed by atoms with Gasteiger partial charge in [0.05, 0.1) is 46.1 Å². The normalized spacial score (nSPS) is 8.42. The predicted octanol–water partition coefficient (Wildman–Crippen LogP) is -2.60. The monoisotopic (exact) mass is 1280 g/mol. The minimum Gasteiger partial charge on any atom is -0.545 e. The average molecular weight is 1280 g/mol. The van der Waals surface area contributed by atoms with Crippen LogP contribution in [-0.2, 0) is 55.5 Å². The minimum atomic E-state index is -1.15. The van der Waals surface area contributed by atoms with Crippen LogP contribution in [0.15, 0.2) is 195 Å². The third kappa shape index (κ3) is 37.3. The molecule has 4 amide bonds. The minimum absolute atomic E-state index is 0. The Hall–Kier alpha value is -10.7. The molecule has 30 heteroatoms. The third-order valence-electron chi connectivity index (χ3n) is 9.42. The number of carboxylic acid groups (broad SMARTS) is 4. The number of benzene rings is 4. The molecule has 0 saturated heterocycles. The summed E-state index contributed by atoms with van der Waals surface area (Å²) in [5, 5.41) is 52.6. The molecule has 4 aromatic carbocycles. The van der Waals surface area contributed by atoms with Crippen molar-refractivity contribution in [2.75, 3.05) is 49.5 Å². The summed E-state index contributed by atoms with van der Waals surface area (Å²) < 4.78 is 0. The Morgan fingerprint density at radius 1 is 0.291 bits per heavy atom. The van der Waals surface area contributed by atoms with E-state index in [0.29, 0.717) is 22.3 Å². The number of aromatic nitrogens is 4. The summed E-state index contributed by atoms with van der Waals surface area (Å²) in [7, 11) is 7.09. The molecule has 0 saturated carbocycles. The first-order valence-electron chi connectivity index (χ1n) is 22.9. The molecule has 0 aliphatic carbocycles.